The van der Waals surface area contributed by atoms with E-state index >= 15 is 0 Å². The predicted octanol–water partition coefficient (Wildman–Crippen LogP) is 4.71. The zero-order chi connectivity index (χ0) is 20.5. The molecule has 3 aromatic rings. The first kappa shape index (κ1) is 19.9. The fourth-order valence-corrected chi connectivity index (χ4v) is 2.74. The molecule has 0 saturated carbocycles. The molecule has 0 amide bonds. The van der Waals surface area contributed by atoms with Gasteiger partial charge in [-0.05, 0) is 41.0 Å². The molecule has 3 rings (SSSR count). The Hall–Kier alpha value is -2.82. The van der Waals surface area contributed by atoms with E-state index in [1.165, 1.54) is 31.4 Å². The number of halogens is 6. The topological polar surface area (TPSA) is 49.2 Å². The molecule has 0 fully saturated rings. The fraction of sp³-hybridized carbons (Fsp3) is 0.294. The highest BCUT2D eigenvalue weighted by molar-refractivity contribution is 5.82. The minimum atomic E-state index is -4.85. The first-order valence-corrected chi connectivity index (χ1v) is 7.84. The number of hydrogen-bond donors (Lipinski definition) is 0. The molecule has 0 bridgehead atoms. The summed E-state index contributed by atoms with van der Waals surface area (Å²) in [7, 11) is 1.37. The second-order valence-electron chi connectivity index (χ2n) is 5.87. The van der Waals surface area contributed by atoms with E-state index in [0.717, 1.165) is 10.7 Å². The standard InChI is InChI=1S/C17H13F6N3O2/c1-27-8-11-6-12(28-17(21,22)23)3-4-13(11)10-2-5-14-15(7-10)26(25-24-14)9-16(18,19)20/h2-7H,8-9H2,1H3. The summed E-state index contributed by atoms with van der Waals surface area (Å²) in [5.41, 5.74) is 1.74. The number of aromatic nitrogens is 3. The van der Waals surface area contributed by atoms with Crippen molar-refractivity contribution in [1.29, 1.82) is 0 Å². The Kier molecular flexibility index (Phi) is 5.20. The average molecular weight is 405 g/mol. The summed E-state index contributed by atoms with van der Waals surface area (Å²) >= 11 is 0. The summed E-state index contributed by atoms with van der Waals surface area (Å²) in [5.74, 6) is -0.423. The Morgan fingerprint density at radius 2 is 1.75 bits per heavy atom. The molecule has 0 spiro atoms. The van der Waals surface area contributed by atoms with Crippen molar-refractivity contribution in [2.24, 2.45) is 0 Å². The van der Waals surface area contributed by atoms with Crippen LogP contribution in [0.5, 0.6) is 5.75 Å². The molecule has 1 heterocycles. The summed E-state index contributed by atoms with van der Waals surface area (Å²) in [6, 6.07) is 8.20. The van der Waals surface area contributed by atoms with Crippen molar-refractivity contribution in [3.05, 3.63) is 42.0 Å². The molecule has 0 unspecified atom stereocenters. The molecular formula is C17H13F6N3O2. The lowest BCUT2D eigenvalue weighted by Gasteiger charge is -2.14. The molecule has 1 aromatic heterocycles. The van der Waals surface area contributed by atoms with Crippen LogP contribution in [0.4, 0.5) is 26.3 Å². The molecule has 0 saturated heterocycles. The maximum absolute atomic E-state index is 12.7. The van der Waals surface area contributed by atoms with Gasteiger partial charge in [0.05, 0.1) is 12.1 Å². The third-order valence-electron chi connectivity index (χ3n) is 3.76. The molecule has 28 heavy (non-hydrogen) atoms. The van der Waals surface area contributed by atoms with Crippen LogP contribution in [0, 0.1) is 0 Å². The van der Waals surface area contributed by atoms with E-state index < -0.39 is 24.8 Å². The lowest BCUT2D eigenvalue weighted by molar-refractivity contribution is -0.274. The lowest BCUT2D eigenvalue weighted by Crippen LogP contribution is -2.18. The lowest BCUT2D eigenvalue weighted by atomic mass is 9.99. The van der Waals surface area contributed by atoms with Gasteiger partial charge in [0.2, 0.25) is 0 Å². The summed E-state index contributed by atoms with van der Waals surface area (Å²) < 4.78 is 85.1. The third-order valence-corrected chi connectivity index (χ3v) is 3.76. The van der Waals surface area contributed by atoms with Gasteiger partial charge in [-0.2, -0.15) is 13.2 Å². The van der Waals surface area contributed by atoms with Gasteiger partial charge in [0.25, 0.3) is 0 Å². The summed E-state index contributed by atoms with van der Waals surface area (Å²) in [5, 5.41) is 7.20. The van der Waals surface area contributed by atoms with Gasteiger partial charge < -0.3 is 9.47 Å². The van der Waals surface area contributed by atoms with Crippen molar-refractivity contribution >= 4 is 11.0 Å². The van der Waals surface area contributed by atoms with Crippen molar-refractivity contribution < 1.29 is 35.8 Å². The molecule has 0 radical (unpaired) electrons. The van der Waals surface area contributed by atoms with Crippen molar-refractivity contribution in [2.75, 3.05) is 7.11 Å². The molecular weight excluding hydrogens is 392 g/mol. The van der Waals surface area contributed by atoms with E-state index in [2.05, 4.69) is 15.0 Å². The smallest absolute Gasteiger partial charge is 0.406 e. The minimum absolute atomic E-state index is 0.0253. The van der Waals surface area contributed by atoms with Gasteiger partial charge in [-0.1, -0.05) is 17.3 Å². The van der Waals surface area contributed by atoms with E-state index in [1.807, 2.05) is 0 Å². The highest BCUT2D eigenvalue weighted by Crippen LogP contribution is 2.32. The molecule has 0 N–H and O–H groups in total. The van der Waals surface area contributed by atoms with Crippen LogP contribution in [0.1, 0.15) is 5.56 Å². The Labute approximate surface area is 154 Å². The Morgan fingerprint density at radius 1 is 1.00 bits per heavy atom. The predicted molar refractivity (Wildman–Crippen MR) is 86.4 cm³/mol. The van der Waals surface area contributed by atoms with Crippen LogP contribution in [-0.2, 0) is 17.9 Å². The number of ether oxygens (including phenoxy) is 2. The summed E-state index contributed by atoms with van der Waals surface area (Å²) in [6.07, 6.45) is -9.32. The number of methoxy groups -OCH3 is 1. The van der Waals surface area contributed by atoms with Crippen LogP contribution in [0.25, 0.3) is 22.2 Å². The van der Waals surface area contributed by atoms with Crippen molar-refractivity contribution in [3.8, 4) is 16.9 Å². The Balaban J connectivity index is 2.04. The molecule has 11 heteroatoms. The number of fused-ring (bicyclic) bond motifs is 1. The van der Waals surface area contributed by atoms with E-state index in [-0.39, 0.29) is 17.6 Å². The molecule has 5 nitrogen and oxygen atoms in total. The van der Waals surface area contributed by atoms with Crippen LogP contribution in [0.2, 0.25) is 0 Å². The molecule has 0 aliphatic carbocycles. The van der Waals surface area contributed by atoms with Crippen LogP contribution in [-0.4, -0.2) is 34.6 Å². The maximum atomic E-state index is 12.7. The SMILES string of the molecule is COCc1cc(OC(F)(F)F)ccc1-c1ccc2nnn(CC(F)(F)F)c2c1. The quantitative estimate of drug-likeness (QED) is 0.577. The van der Waals surface area contributed by atoms with Crippen molar-refractivity contribution in [3.63, 3.8) is 0 Å². The monoisotopic (exact) mass is 405 g/mol. The second kappa shape index (κ2) is 7.30. The Morgan fingerprint density at radius 3 is 2.39 bits per heavy atom. The number of alkyl halides is 6. The van der Waals surface area contributed by atoms with Crippen LogP contribution in [0.15, 0.2) is 36.4 Å². The van der Waals surface area contributed by atoms with E-state index in [0.29, 0.717) is 16.7 Å². The molecule has 0 atom stereocenters. The second-order valence-corrected chi connectivity index (χ2v) is 5.87. The van der Waals surface area contributed by atoms with Gasteiger partial charge in [-0.3, -0.25) is 0 Å². The first-order valence-electron chi connectivity index (χ1n) is 7.84. The van der Waals surface area contributed by atoms with E-state index in [1.54, 1.807) is 6.07 Å². The van der Waals surface area contributed by atoms with Crippen LogP contribution >= 0.6 is 0 Å². The van der Waals surface area contributed by atoms with Gasteiger partial charge >= 0.3 is 12.5 Å². The Bertz CT molecular complexity index is 981. The fourth-order valence-electron chi connectivity index (χ4n) is 2.74. The largest absolute Gasteiger partial charge is 0.573 e. The van der Waals surface area contributed by atoms with E-state index in [9.17, 15) is 26.3 Å². The van der Waals surface area contributed by atoms with Gasteiger partial charge in [-0.25, -0.2) is 4.68 Å². The van der Waals surface area contributed by atoms with Gasteiger partial charge in [0.1, 0.15) is 17.8 Å². The highest BCUT2D eigenvalue weighted by Gasteiger charge is 2.31. The van der Waals surface area contributed by atoms with E-state index in [4.69, 9.17) is 4.74 Å². The third kappa shape index (κ3) is 4.71. The zero-order valence-electron chi connectivity index (χ0n) is 14.3. The highest BCUT2D eigenvalue weighted by atomic mass is 19.4. The molecule has 0 aliphatic heterocycles. The summed E-state index contributed by atoms with van der Waals surface area (Å²) in [6.45, 7) is -1.33. The first-order chi connectivity index (χ1) is 13.1. The maximum Gasteiger partial charge on any atom is 0.573 e. The number of rotatable bonds is 5. The zero-order valence-corrected chi connectivity index (χ0v) is 14.3. The van der Waals surface area contributed by atoms with Gasteiger partial charge in [0, 0.05) is 7.11 Å². The molecule has 2 aromatic carbocycles. The normalized spacial score (nSPS) is 12.5. The molecule has 150 valence electrons. The number of nitrogens with zero attached hydrogens (tertiary/aromatic N) is 3. The summed E-state index contributed by atoms with van der Waals surface area (Å²) in [4.78, 5) is 0. The van der Waals surface area contributed by atoms with Gasteiger partial charge in [0.15, 0.2) is 0 Å². The van der Waals surface area contributed by atoms with Crippen molar-refractivity contribution in [2.45, 2.75) is 25.7 Å². The van der Waals surface area contributed by atoms with Crippen LogP contribution in [0.3, 0.4) is 0 Å². The average Bonchev–Trinajstić information content (AvgIpc) is 2.94. The van der Waals surface area contributed by atoms with Gasteiger partial charge in [-0.15, -0.1) is 18.3 Å². The number of benzene rings is 2. The molecule has 0 aliphatic rings. The van der Waals surface area contributed by atoms with Crippen molar-refractivity contribution in [1.82, 2.24) is 15.0 Å². The minimum Gasteiger partial charge on any atom is -0.406 e. The number of hydrogen-bond acceptors (Lipinski definition) is 4. The van der Waals surface area contributed by atoms with Crippen LogP contribution < -0.4 is 4.74 Å².